The Hall–Kier alpha value is -1.35. The van der Waals surface area contributed by atoms with Crippen molar-refractivity contribution >= 4 is 5.91 Å². The zero-order chi connectivity index (χ0) is 11.4. The smallest absolute Gasteiger partial charge is 0.219 e. The SMILES string of the molecule is NC(=O)C[C@H](N)C1NNC(/C(N)=C/O)O1. The van der Waals surface area contributed by atoms with Gasteiger partial charge in [-0.1, -0.05) is 0 Å². The standard InChI is InChI=1S/C7H15N5O3/c8-3(1-5(10)14)6-11-12-7(15-6)4(9)2-13/h2-3,6-7,11-13H,1,8-9H2,(H2,10,14)/b4-2-/t3-,6?,7?/m0/s1. The molecule has 8 nitrogen and oxygen atoms in total. The fourth-order valence-corrected chi connectivity index (χ4v) is 1.15. The largest absolute Gasteiger partial charge is 0.514 e. The van der Waals surface area contributed by atoms with Gasteiger partial charge < -0.3 is 27.0 Å². The average Bonchev–Trinajstić information content (AvgIpc) is 2.64. The molecule has 1 fully saturated rings. The van der Waals surface area contributed by atoms with Crippen LogP contribution in [0, 0.1) is 0 Å². The molecule has 1 saturated heterocycles. The van der Waals surface area contributed by atoms with Crippen molar-refractivity contribution in [1.82, 2.24) is 10.9 Å². The minimum atomic E-state index is -0.668. The molecule has 1 amide bonds. The molecule has 3 atom stereocenters. The number of hydrazine groups is 1. The number of carbonyl (C=O) groups excluding carboxylic acids is 1. The zero-order valence-electron chi connectivity index (χ0n) is 8.01. The van der Waals surface area contributed by atoms with Crippen LogP contribution in [0.1, 0.15) is 6.42 Å². The van der Waals surface area contributed by atoms with Gasteiger partial charge >= 0.3 is 0 Å². The molecule has 0 aliphatic carbocycles. The second-order valence-corrected chi connectivity index (χ2v) is 3.19. The summed E-state index contributed by atoms with van der Waals surface area (Å²) in [5.41, 5.74) is 21.5. The van der Waals surface area contributed by atoms with Crippen LogP contribution in [0.2, 0.25) is 0 Å². The Balaban J connectivity index is 2.45. The van der Waals surface area contributed by atoms with Crippen molar-refractivity contribution in [3.8, 4) is 0 Å². The predicted octanol–water partition coefficient (Wildman–Crippen LogP) is -2.68. The molecule has 0 aromatic rings. The van der Waals surface area contributed by atoms with Gasteiger partial charge in [-0.2, -0.15) is 0 Å². The number of hydrogen-bond donors (Lipinski definition) is 6. The van der Waals surface area contributed by atoms with E-state index in [1.54, 1.807) is 0 Å². The van der Waals surface area contributed by atoms with Gasteiger partial charge in [0.05, 0.1) is 11.7 Å². The van der Waals surface area contributed by atoms with Gasteiger partial charge in [0.1, 0.15) is 12.5 Å². The first-order valence-electron chi connectivity index (χ1n) is 4.34. The van der Waals surface area contributed by atoms with Crippen molar-refractivity contribution in [3.05, 3.63) is 12.0 Å². The maximum Gasteiger partial charge on any atom is 0.219 e. The van der Waals surface area contributed by atoms with Crippen molar-refractivity contribution < 1.29 is 14.6 Å². The van der Waals surface area contributed by atoms with Crippen LogP contribution in [-0.2, 0) is 9.53 Å². The number of amides is 1. The van der Waals surface area contributed by atoms with Crippen LogP contribution >= 0.6 is 0 Å². The molecule has 1 heterocycles. The van der Waals surface area contributed by atoms with E-state index in [9.17, 15) is 4.79 Å². The first-order valence-corrected chi connectivity index (χ1v) is 4.34. The van der Waals surface area contributed by atoms with Gasteiger partial charge in [-0.25, -0.2) is 10.9 Å². The van der Waals surface area contributed by atoms with E-state index >= 15 is 0 Å². The van der Waals surface area contributed by atoms with Gasteiger partial charge in [-0.15, -0.1) is 0 Å². The maximum atomic E-state index is 10.6. The molecule has 8 heteroatoms. The molecule has 1 aliphatic heterocycles. The highest BCUT2D eigenvalue weighted by Gasteiger charge is 2.31. The maximum absolute atomic E-state index is 10.6. The van der Waals surface area contributed by atoms with E-state index in [0.717, 1.165) is 6.26 Å². The second kappa shape index (κ2) is 4.94. The number of aliphatic hydroxyl groups excluding tert-OH is 1. The first-order chi connectivity index (χ1) is 7.04. The van der Waals surface area contributed by atoms with Gasteiger partial charge in [0.15, 0.2) is 6.23 Å². The second-order valence-electron chi connectivity index (χ2n) is 3.19. The number of carbonyl (C=O) groups is 1. The summed E-state index contributed by atoms with van der Waals surface area (Å²) in [5.74, 6) is -0.512. The van der Waals surface area contributed by atoms with Gasteiger partial charge in [0, 0.05) is 6.42 Å². The number of primary amides is 1. The molecule has 15 heavy (non-hydrogen) atoms. The summed E-state index contributed by atoms with van der Waals surface area (Å²) >= 11 is 0. The van der Waals surface area contributed by atoms with Crippen molar-refractivity contribution in [3.63, 3.8) is 0 Å². The lowest BCUT2D eigenvalue weighted by molar-refractivity contribution is -0.119. The van der Waals surface area contributed by atoms with Gasteiger partial charge in [-0.3, -0.25) is 4.79 Å². The third kappa shape index (κ3) is 3.06. The topological polar surface area (TPSA) is 149 Å². The first kappa shape index (κ1) is 11.7. The van der Waals surface area contributed by atoms with Gasteiger partial charge in [-0.05, 0) is 0 Å². The minimum Gasteiger partial charge on any atom is -0.514 e. The summed E-state index contributed by atoms with van der Waals surface area (Å²) in [5, 5.41) is 8.63. The number of hydrogen-bond acceptors (Lipinski definition) is 7. The third-order valence-corrected chi connectivity index (χ3v) is 1.92. The molecule has 0 aromatic heterocycles. The molecular weight excluding hydrogens is 202 g/mol. The summed E-state index contributed by atoms with van der Waals surface area (Å²) in [7, 11) is 0. The van der Waals surface area contributed by atoms with Crippen molar-refractivity contribution in [2.24, 2.45) is 17.2 Å². The van der Waals surface area contributed by atoms with Crippen LogP contribution in [0.3, 0.4) is 0 Å². The molecule has 9 N–H and O–H groups in total. The normalized spacial score (nSPS) is 29.0. The van der Waals surface area contributed by atoms with Crippen LogP contribution < -0.4 is 28.1 Å². The minimum absolute atomic E-state index is 0.00515. The summed E-state index contributed by atoms with van der Waals surface area (Å²) in [6, 6.07) is -0.577. The van der Waals surface area contributed by atoms with Crippen LogP contribution in [0.25, 0.3) is 0 Å². The molecule has 0 bridgehead atoms. The Morgan fingerprint density at radius 3 is 2.73 bits per heavy atom. The molecule has 0 spiro atoms. The summed E-state index contributed by atoms with van der Waals surface area (Å²) in [6.07, 6.45) is -0.532. The van der Waals surface area contributed by atoms with Crippen LogP contribution in [-0.4, -0.2) is 29.5 Å². The van der Waals surface area contributed by atoms with Crippen LogP contribution in [0.15, 0.2) is 12.0 Å². The number of nitrogens with two attached hydrogens (primary N) is 3. The lowest BCUT2D eigenvalue weighted by Gasteiger charge is -2.16. The summed E-state index contributed by atoms with van der Waals surface area (Å²) in [6.45, 7) is 0. The molecule has 1 rings (SSSR count). The Labute approximate surface area is 86.4 Å². The summed E-state index contributed by atoms with van der Waals surface area (Å²) in [4.78, 5) is 10.6. The Kier molecular flexibility index (Phi) is 3.86. The monoisotopic (exact) mass is 217 g/mol. The third-order valence-electron chi connectivity index (χ3n) is 1.92. The lowest BCUT2D eigenvalue weighted by Crippen LogP contribution is -2.46. The fraction of sp³-hybridized carbons (Fsp3) is 0.571. The van der Waals surface area contributed by atoms with Crippen LogP contribution in [0.4, 0.5) is 0 Å². The van der Waals surface area contributed by atoms with Gasteiger partial charge in [0.2, 0.25) is 5.91 Å². The Morgan fingerprint density at radius 2 is 2.20 bits per heavy atom. The lowest BCUT2D eigenvalue weighted by atomic mass is 10.2. The number of rotatable bonds is 4. The predicted molar refractivity (Wildman–Crippen MR) is 51.6 cm³/mol. The molecule has 0 aromatic carbocycles. The fourth-order valence-electron chi connectivity index (χ4n) is 1.15. The van der Waals surface area contributed by atoms with Gasteiger partial charge in [0.25, 0.3) is 0 Å². The zero-order valence-corrected chi connectivity index (χ0v) is 8.01. The number of nitrogens with one attached hydrogen (secondary N) is 2. The van der Waals surface area contributed by atoms with Crippen molar-refractivity contribution in [2.45, 2.75) is 24.9 Å². The Bertz CT molecular complexity index is 269. The molecule has 0 saturated carbocycles. The highest BCUT2D eigenvalue weighted by atomic mass is 16.6. The van der Waals surface area contributed by atoms with Crippen molar-refractivity contribution in [2.75, 3.05) is 0 Å². The van der Waals surface area contributed by atoms with E-state index in [2.05, 4.69) is 10.9 Å². The number of aliphatic hydroxyl groups is 1. The number of ether oxygens (including phenoxy) is 1. The quantitative estimate of drug-likeness (QED) is 0.281. The molecule has 1 aliphatic rings. The van der Waals surface area contributed by atoms with Crippen LogP contribution in [0.5, 0.6) is 0 Å². The van der Waals surface area contributed by atoms with E-state index in [0.29, 0.717) is 0 Å². The molecular formula is C7H15N5O3. The van der Waals surface area contributed by atoms with E-state index in [4.69, 9.17) is 27.0 Å². The van der Waals surface area contributed by atoms with Crippen molar-refractivity contribution in [1.29, 1.82) is 0 Å². The van der Waals surface area contributed by atoms with E-state index < -0.39 is 24.4 Å². The Morgan fingerprint density at radius 1 is 1.53 bits per heavy atom. The molecule has 2 unspecified atom stereocenters. The average molecular weight is 217 g/mol. The van der Waals surface area contributed by atoms with E-state index in [1.165, 1.54) is 0 Å². The molecule has 0 radical (unpaired) electrons. The highest BCUT2D eigenvalue weighted by molar-refractivity contribution is 5.74. The summed E-state index contributed by atoms with van der Waals surface area (Å²) < 4.78 is 5.27. The molecule has 86 valence electrons. The highest BCUT2D eigenvalue weighted by Crippen LogP contribution is 2.09. The van der Waals surface area contributed by atoms with E-state index in [1.807, 2.05) is 0 Å². The van der Waals surface area contributed by atoms with E-state index in [-0.39, 0.29) is 12.1 Å².